The Morgan fingerprint density at radius 1 is 1.15 bits per heavy atom. The van der Waals surface area contributed by atoms with Gasteiger partial charge in [-0.05, 0) is 80.1 Å². The summed E-state index contributed by atoms with van der Waals surface area (Å²) in [6, 6.07) is 14.6. The van der Waals surface area contributed by atoms with Gasteiger partial charge in [0.05, 0.1) is 13.0 Å². The van der Waals surface area contributed by atoms with Gasteiger partial charge in [-0.3, -0.25) is 4.79 Å². The van der Waals surface area contributed by atoms with Crippen LogP contribution >= 0.6 is 0 Å². The number of carbonyl (C=O) groups is 1. The molecule has 1 amide bonds. The molecule has 4 rings (SSSR count). The summed E-state index contributed by atoms with van der Waals surface area (Å²) in [5.41, 5.74) is 6.37. The summed E-state index contributed by atoms with van der Waals surface area (Å²) in [4.78, 5) is 18.7. The van der Waals surface area contributed by atoms with E-state index in [0.717, 1.165) is 44.6 Å². The fourth-order valence-electron chi connectivity index (χ4n) is 4.81. The third kappa shape index (κ3) is 5.14. The van der Waals surface area contributed by atoms with Crippen molar-refractivity contribution in [1.82, 2.24) is 15.2 Å². The number of rotatable bonds is 10. The van der Waals surface area contributed by atoms with E-state index in [9.17, 15) is 4.79 Å². The number of nitrogens with one attached hydrogen (secondary N) is 2. The van der Waals surface area contributed by atoms with E-state index in [2.05, 4.69) is 66.8 Å². The molecule has 33 heavy (non-hydrogen) atoms. The highest BCUT2D eigenvalue weighted by molar-refractivity contribution is 5.97. The van der Waals surface area contributed by atoms with E-state index in [0.29, 0.717) is 6.54 Å². The van der Waals surface area contributed by atoms with Crippen LogP contribution in [0, 0.1) is 5.92 Å². The molecule has 1 atom stereocenters. The van der Waals surface area contributed by atoms with Crippen LogP contribution in [0.1, 0.15) is 37.0 Å². The molecular weight excluding hydrogens is 410 g/mol. The molecule has 1 unspecified atom stereocenters. The predicted octanol–water partition coefficient (Wildman–Crippen LogP) is 4.82. The van der Waals surface area contributed by atoms with Crippen molar-refractivity contribution in [2.45, 2.75) is 33.1 Å². The molecule has 174 valence electrons. The van der Waals surface area contributed by atoms with Gasteiger partial charge < -0.3 is 19.9 Å². The van der Waals surface area contributed by atoms with Gasteiger partial charge >= 0.3 is 0 Å². The van der Waals surface area contributed by atoms with E-state index in [1.807, 2.05) is 17.0 Å². The number of aromatic nitrogens is 1. The van der Waals surface area contributed by atoms with Gasteiger partial charge in [0.1, 0.15) is 5.75 Å². The average molecular weight is 446 g/mol. The second-order valence-electron chi connectivity index (χ2n) is 8.65. The van der Waals surface area contributed by atoms with Gasteiger partial charge in [-0.2, -0.15) is 0 Å². The first-order valence-corrected chi connectivity index (χ1v) is 12.1. The number of hydrogen-bond acceptors (Lipinski definition) is 3. The van der Waals surface area contributed by atoms with Crippen molar-refractivity contribution in [2.24, 2.45) is 5.92 Å². The van der Waals surface area contributed by atoms with Crippen LogP contribution in [0.15, 0.2) is 54.7 Å². The smallest absolute Gasteiger partial charge is 0.230 e. The van der Waals surface area contributed by atoms with Crippen molar-refractivity contribution in [1.29, 1.82) is 0 Å². The lowest BCUT2D eigenvalue weighted by Gasteiger charge is -2.25. The Hall–Kier alpha value is -3.05. The zero-order valence-corrected chi connectivity index (χ0v) is 20.0. The minimum Gasteiger partial charge on any atom is -0.497 e. The molecule has 2 N–H and O–H groups in total. The lowest BCUT2D eigenvalue weighted by Crippen LogP contribution is -2.40. The fourth-order valence-corrected chi connectivity index (χ4v) is 4.81. The first-order chi connectivity index (χ1) is 16.1. The minimum absolute atomic E-state index is 0.175. The van der Waals surface area contributed by atoms with Crippen LogP contribution in [0.25, 0.3) is 16.5 Å². The Kier molecular flexibility index (Phi) is 7.50. The second kappa shape index (κ2) is 10.7. The van der Waals surface area contributed by atoms with E-state index in [4.69, 9.17) is 4.74 Å². The summed E-state index contributed by atoms with van der Waals surface area (Å²) in [7, 11) is 1.68. The summed E-state index contributed by atoms with van der Waals surface area (Å²) in [5, 5.41) is 4.86. The molecule has 2 aromatic carbocycles. The molecule has 0 saturated heterocycles. The zero-order valence-electron chi connectivity index (χ0n) is 20.0. The number of H-pyrrole nitrogens is 1. The number of methoxy groups -OCH3 is 1. The first-order valence-electron chi connectivity index (χ1n) is 12.1. The third-order valence-electron chi connectivity index (χ3n) is 6.71. The number of aryl methyl sites for hydroxylation is 1. The Morgan fingerprint density at radius 3 is 2.67 bits per heavy atom. The normalized spacial score (nSPS) is 15.1. The van der Waals surface area contributed by atoms with Crippen molar-refractivity contribution in [2.75, 3.05) is 33.3 Å². The molecule has 0 fully saturated rings. The standard InChI is InChI=1S/C28H35N3O2/c1-4-31(5-2)28(32)23(18-29-16-15-20-9-13-24(33-3)14-10-20)17-21-11-12-22-19-30-26-8-6-7-25(21)27(22)26/h6-10,13-14,17,19,23,29-30H,4-5,11-12,15-16,18H2,1-3H3/b21-17+. The molecule has 0 aliphatic heterocycles. The molecule has 0 radical (unpaired) electrons. The number of ether oxygens (including phenoxy) is 1. The van der Waals surface area contributed by atoms with Gasteiger partial charge in [-0.1, -0.05) is 30.3 Å². The largest absolute Gasteiger partial charge is 0.497 e. The van der Waals surface area contributed by atoms with Gasteiger partial charge in [0.2, 0.25) is 5.91 Å². The molecular formula is C28H35N3O2. The van der Waals surface area contributed by atoms with Gasteiger partial charge in [-0.15, -0.1) is 0 Å². The molecule has 0 spiro atoms. The maximum absolute atomic E-state index is 13.4. The van der Waals surface area contributed by atoms with Crippen molar-refractivity contribution >= 4 is 22.4 Å². The van der Waals surface area contributed by atoms with Crippen LogP contribution in [0.3, 0.4) is 0 Å². The van der Waals surface area contributed by atoms with E-state index in [-0.39, 0.29) is 11.8 Å². The van der Waals surface area contributed by atoms with Gasteiger partial charge in [-0.25, -0.2) is 0 Å². The van der Waals surface area contributed by atoms with Crippen LogP contribution in [-0.4, -0.2) is 49.1 Å². The van der Waals surface area contributed by atoms with Gasteiger partial charge in [0.25, 0.3) is 0 Å². The van der Waals surface area contributed by atoms with E-state index < -0.39 is 0 Å². The van der Waals surface area contributed by atoms with Gasteiger partial charge in [0, 0.05) is 36.7 Å². The molecule has 1 aliphatic carbocycles. The summed E-state index contributed by atoms with van der Waals surface area (Å²) < 4.78 is 5.24. The maximum Gasteiger partial charge on any atom is 0.230 e. The van der Waals surface area contributed by atoms with Crippen molar-refractivity contribution in [3.05, 3.63) is 71.4 Å². The van der Waals surface area contributed by atoms with E-state index >= 15 is 0 Å². The van der Waals surface area contributed by atoms with Crippen molar-refractivity contribution < 1.29 is 9.53 Å². The average Bonchev–Trinajstić information content (AvgIpc) is 3.28. The Labute approximate surface area is 196 Å². The topological polar surface area (TPSA) is 57.4 Å². The molecule has 1 aromatic heterocycles. The Balaban J connectivity index is 1.50. The number of nitrogens with zero attached hydrogens (tertiary/aromatic N) is 1. The van der Waals surface area contributed by atoms with Crippen LogP contribution in [0.5, 0.6) is 5.75 Å². The predicted molar refractivity (Wildman–Crippen MR) is 136 cm³/mol. The molecule has 3 aromatic rings. The molecule has 5 nitrogen and oxygen atoms in total. The van der Waals surface area contributed by atoms with E-state index in [1.165, 1.54) is 33.2 Å². The second-order valence-corrected chi connectivity index (χ2v) is 8.65. The Morgan fingerprint density at radius 2 is 1.94 bits per heavy atom. The number of carbonyl (C=O) groups excluding carboxylic acids is 1. The maximum atomic E-state index is 13.4. The quantitative estimate of drug-likeness (QED) is 0.440. The van der Waals surface area contributed by atoms with Crippen LogP contribution in [0.2, 0.25) is 0 Å². The number of amides is 1. The number of benzene rings is 2. The number of allylic oxidation sites excluding steroid dienone is 1. The lowest BCUT2D eigenvalue weighted by atomic mass is 9.86. The molecule has 1 heterocycles. The summed E-state index contributed by atoms with van der Waals surface area (Å²) >= 11 is 0. The van der Waals surface area contributed by atoms with E-state index in [1.54, 1.807) is 7.11 Å². The minimum atomic E-state index is -0.175. The Bertz CT molecular complexity index is 1110. The number of hydrogen-bond donors (Lipinski definition) is 2. The van der Waals surface area contributed by atoms with Gasteiger partial charge in [0.15, 0.2) is 0 Å². The molecule has 0 bridgehead atoms. The third-order valence-corrected chi connectivity index (χ3v) is 6.71. The fraction of sp³-hybridized carbons (Fsp3) is 0.393. The first kappa shape index (κ1) is 23.1. The highest BCUT2D eigenvalue weighted by atomic mass is 16.5. The zero-order chi connectivity index (χ0) is 23.2. The summed E-state index contributed by atoms with van der Waals surface area (Å²) in [6.45, 7) is 7.04. The lowest BCUT2D eigenvalue weighted by molar-refractivity contribution is -0.133. The number of aromatic amines is 1. The van der Waals surface area contributed by atoms with Crippen LogP contribution < -0.4 is 10.1 Å². The monoisotopic (exact) mass is 445 g/mol. The molecule has 1 aliphatic rings. The highest BCUT2D eigenvalue weighted by Gasteiger charge is 2.24. The van der Waals surface area contributed by atoms with Crippen molar-refractivity contribution in [3.63, 3.8) is 0 Å². The summed E-state index contributed by atoms with van der Waals surface area (Å²) in [6.07, 6.45) is 7.26. The van der Waals surface area contributed by atoms with Crippen LogP contribution in [0.4, 0.5) is 0 Å². The summed E-state index contributed by atoms with van der Waals surface area (Å²) in [5.74, 6) is 0.902. The highest BCUT2D eigenvalue weighted by Crippen LogP contribution is 2.36. The van der Waals surface area contributed by atoms with Crippen LogP contribution in [-0.2, 0) is 17.6 Å². The SMILES string of the molecule is CCN(CC)C(=O)C(/C=C1\CCc2c[nH]c3cccc1c23)CNCCc1ccc(OC)cc1. The molecule has 5 heteroatoms. The van der Waals surface area contributed by atoms with Crippen molar-refractivity contribution in [3.8, 4) is 5.75 Å². The molecule has 0 saturated carbocycles.